The van der Waals surface area contributed by atoms with Gasteiger partial charge in [-0.15, -0.1) is 17.0 Å². The Labute approximate surface area is 110 Å². The first-order valence-electron chi connectivity index (χ1n) is 5.43. The van der Waals surface area contributed by atoms with E-state index in [0.717, 1.165) is 13.1 Å². The van der Waals surface area contributed by atoms with E-state index in [2.05, 4.69) is 50.6 Å². The fourth-order valence-electron chi connectivity index (χ4n) is 1.98. The molecule has 2 aromatic heterocycles. The van der Waals surface area contributed by atoms with Crippen molar-refractivity contribution in [2.75, 3.05) is 0 Å². The van der Waals surface area contributed by atoms with Gasteiger partial charge in [-0.25, -0.2) is 4.98 Å². The monoisotopic (exact) mass is 291 g/mol. The van der Waals surface area contributed by atoms with Crippen LogP contribution >= 0.6 is 17.0 Å². The maximum atomic E-state index is 4.04. The Bertz CT molecular complexity index is 584. The maximum Gasteiger partial charge on any atom is 0.0946 e. The van der Waals surface area contributed by atoms with E-state index in [1.54, 1.807) is 0 Å². The van der Waals surface area contributed by atoms with Crippen molar-refractivity contribution in [2.45, 2.75) is 13.1 Å². The number of para-hydroxylation sites is 1. The third-order valence-electron chi connectivity index (χ3n) is 2.84. The number of nitrogens with zero attached hydrogens (tertiary/aromatic N) is 3. The van der Waals surface area contributed by atoms with Crippen molar-refractivity contribution in [2.24, 2.45) is 0 Å². The molecule has 0 aliphatic rings. The second kappa shape index (κ2) is 5.19. The van der Waals surface area contributed by atoms with Gasteiger partial charge in [0.05, 0.1) is 6.33 Å². The summed E-state index contributed by atoms with van der Waals surface area (Å²) in [5.41, 5.74) is 1.29. The molecule has 0 radical (unpaired) electrons. The topological polar surface area (TPSA) is 22.8 Å². The van der Waals surface area contributed by atoms with Crippen molar-refractivity contribution in [3.8, 4) is 0 Å². The van der Waals surface area contributed by atoms with Gasteiger partial charge in [0.15, 0.2) is 0 Å². The van der Waals surface area contributed by atoms with Gasteiger partial charge in [0.1, 0.15) is 0 Å². The zero-order valence-corrected chi connectivity index (χ0v) is 11.1. The highest BCUT2D eigenvalue weighted by atomic mass is 79.9. The molecule has 17 heavy (non-hydrogen) atoms. The lowest BCUT2D eigenvalue weighted by Crippen LogP contribution is -2.04. The number of fused-ring (bicyclic) bond motifs is 1. The molecule has 0 unspecified atom stereocenters. The number of aromatic nitrogens is 3. The van der Waals surface area contributed by atoms with E-state index in [-0.39, 0.29) is 17.0 Å². The molecule has 0 aliphatic carbocycles. The molecule has 0 amide bonds. The first-order chi connectivity index (χ1) is 7.93. The van der Waals surface area contributed by atoms with E-state index < -0.39 is 0 Å². The smallest absolute Gasteiger partial charge is 0.0946 e. The average molecular weight is 292 g/mol. The van der Waals surface area contributed by atoms with Gasteiger partial charge in [-0.2, -0.15) is 0 Å². The number of benzene rings is 1. The van der Waals surface area contributed by atoms with Crippen LogP contribution in [0.5, 0.6) is 0 Å². The number of hydrogen-bond acceptors (Lipinski definition) is 1. The molecule has 0 saturated carbocycles. The summed E-state index contributed by atoms with van der Waals surface area (Å²) < 4.78 is 4.37. The van der Waals surface area contributed by atoms with Crippen molar-refractivity contribution in [3.63, 3.8) is 0 Å². The summed E-state index contributed by atoms with van der Waals surface area (Å²) in [6.45, 7) is 1.93. The Hall–Kier alpha value is -1.55. The summed E-state index contributed by atoms with van der Waals surface area (Å²) in [4.78, 5) is 4.04. The summed E-state index contributed by atoms with van der Waals surface area (Å²) in [5.74, 6) is 0. The lowest BCUT2D eigenvalue weighted by molar-refractivity contribution is 0.592. The molecule has 88 valence electrons. The highest BCUT2D eigenvalue weighted by Crippen LogP contribution is 2.14. The molecule has 0 fully saturated rings. The normalized spacial score (nSPS) is 10.4. The van der Waals surface area contributed by atoms with Gasteiger partial charge < -0.3 is 9.13 Å². The third kappa shape index (κ3) is 2.42. The van der Waals surface area contributed by atoms with Crippen LogP contribution in [0, 0.1) is 0 Å². The summed E-state index contributed by atoms with van der Waals surface area (Å²) in [6.07, 6.45) is 7.80. The molecule has 3 rings (SSSR count). The predicted molar refractivity (Wildman–Crippen MR) is 74.5 cm³/mol. The van der Waals surface area contributed by atoms with E-state index in [1.807, 2.05) is 18.7 Å². The molecule has 2 heterocycles. The Kier molecular flexibility index (Phi) is 3.64. The first kappa shape index (κ1) is 11.9. The van der Waals surface area contributed by atoms with Gasteiger partial charge in [0, 0.05) is 37.2 Å². The minimum Gasteiger partial charge on any atom is -0.346 e. The molecule has 0 bridgehead atoms. The van der Waals surface area contributed by atoms with Crippen LogP contribution < -0.4 is 0 Å². The molecule has 0 aliphatic heterocycles. The van der Waals surface area contributed by atoms with E-state index in [0.29, 0.717) is 0 Å². The number of halogens is 1. The van der Waals surface area contributed by atoms with Crippen LogP contribution in [0.1, 0.15) is 0 Å². The van der Waals surface area contributed by atoms with Gasteiger partial charge >= 0.3 is 0 Å². The summed E-state index contributed by atoms with van der Waals surface area (Å²) in [5, 5.41) is 1.30. The van der Waals surface area contributed by atoms with Crippen LogP contribution in [0.3, 0.4) is 0 Å². The second-order valence-electron chi connectivity index (χ2n) is 3.87. The largest absolute Gasteiger partial charge is 0.346 e. The lowest BCUT2D eigenvalue weighted by atomic mass is 10.2. The highest BCUT2D eigenvalue weighted by molar-refractivity contribution is 8.93. The Morgan fingerprint density at radius 3 is 2.71 bits per heavy atom. The maximum absolute atomic E-state index is 4.04. The molecule has 3 aromatic rings. The molecular weight excluding hydrogens is 278 g/mol. The fourth-order valence-corrected chi connectivity index (χ4v) is 1.98. The molecular formula is C13H14BrN3. The van der Waals surface area contributed by atoms with E-state index >= 15 is 0 Å². The summed E-state index contributed by atoms with van der Waals surface area (Å²) in [7, 11) is 0. The molecule has 0 spiro atoms. The number of aryl methyl sites for hydroxylation is 2. The molecule has 0 N–H and O–H groups in total. The van der Waals surface area contributed by atoms with Crippen LogP contribution in [-0.4, -0.2) is 14.1 Å². The first-order valence-corrected chi connectivity index (χ1v) is 5.43. The fraction of sp³-hybridized carbons (Fsp3) is 0.154. The number of hydrogen-bond donors (Lipinski definition) is 0. The van der Waals surface area contributed by atoms with Crippen LogP contribution in [0.2, 0.25) is 0 Å². The van der Waals surface area contributed by atoms with Gasteiger partial charge in [-0.05, 0) is 17.5 Å². The van der Waals surface area contributed by atoms with Gasteiger partial charge in [0.25, 0.3) is 0 Å². The van der Waals surface area contributed by atoms with Gasteiger partial charge in [-0.3, -0.25) is 0 Å². The van der Waals surface area contributed by atoms with Crippen LogP contribution in [0.15, 0.2) is 55.2 Å². The van der Waals surface area contributed by atoms with Gasteiger partial charge in [-0.1, -0.05) is 18.2 Å². The average Bonchev–Trinajstić information content (AvgIpc) is 2.96. The number of rotatable bonds is 3. The van der Waals surface area contributed by atoms with Crippen LogP contribution in [-0.2, 0) is 13.1 Å². The van der Waals surface area contributed by atoms with E-state index in [1.165, 1.54) is 10.9 Å². The van der Waals surface area contributed by atoms with Gasteiger partial charge in [0.2, 0.25) is 0 Å². The molecule has 3 nitrogen and oxygen atoms in total. The molecule has 0 saturated heterocycles. The Morgan fingerprint density at radius 1 is 1.00 bits per heavy atom. The zero-order chi connectivity index (χ0) is 10.8. The molecule has 1 aromatic carbocycles. The standard InChI is InChI=1S/C13H13N3.BrH/c1-2-4-13-12(3-1)5-7-16(13)10-9-15-8-6-14-11-15;/h1-8,11H,9-10H2;1H. The summed E-state index contributed by atoms with van der Waals surface area (Å²) in [6, 6.07) is 10.6. The highest BCUT2D eigenvalue weighted by Gasteiger charge is 1.99. The zero-order valence-electron chi connectivity index (χ0n) is 9.36. The van der Waals surface area contributed by atoms with Crippen LogP contribution in [0.4, 0.5) is 0 Å². The SMILES string of the molecule is Br.c1ccc2c(c1)ccn2CCn1ccnc1. The van der Waals surface area contributed by atoms with E-state index in [4.69, 9.17) is 0 Å². The number of imidazole rings is 1. The van der Waals surface area contributed by atoms with E-state index in [9.17, 15) is 0 Å². The van der Waals surface area contributed by atoms with Crippen molar-refractivity contribution >= 4 is 27.9 Å². The van der Waals surface area contributed by atoms with Crippen molar-refractivity contribution in [3.05, 3.63) is 55.2 Å². The molecule has 4 heteroatoms. The van der Waals surface area contributed by atoms with Crippen molar-refractivity contribution in [1.29, 1.82) is 0 Å². The quantitative estimate of drug-likeness (QED) is 0.727. The lowest BCUT2D eigenvalue weighted by Gasteiger charge is -2.05. The van der Waals surface area contributed by atoms with Crippen molar-refractivity contribution < 1.29 is 0 Å². The van der Waals surface area contributed by atoms with Crippen molar-refractivity contribution in [1.82, 2.24) is 14.1 Å². The minimum atomic E-state index is 0. The second-order valence-corrected chi connectivity index (χ2v) is 3.87. The predicted octanol–water partition coefficient (Wildman–Crippen LogP) is 3.12. The Morgan fingerprint density at radius 2 is 1.88 bits per heavy atom. The van der Waals surface area contributed by atoms with Crippen LogP contribution in [0.25, 0.3) is 10.9 Å². The summed E-state index contributed by atoms with van der Waals surface area (Å²) >= 11 is 0. The minimum absolute atomic E-state index is 0. The Balaban J connectivity index is 0.00000108. The third-order valence-corrected chi connectivity index (χ3v) is 2.84. The molecule has 0 atom stereocenters.